The molecule has 0 radical (unpaired) electrons. The van der Waals surface area contributed by atoms with Crippen LogP contribution < -0.4 is 10.6 Å². The number of carbonyl (C=O) groups is 2. The summed E-state index contributed by atoms with van der Waals surface area (Å²) in [6, 6.07) is 14.4. The summed E-state index contributed by atoms with van der Waals surface area (Å²) in [6.45, 7) is 3.80. The van der Waals surface area contributed by atoms with E-state index in [-0.39, 0.29) is 24.1 Å². The molecule has 7 nitrogen and oxygen atoms in total. The minimum absolute atomic E-state index is 0.294. The Kier molecular flexibility index (Phi) is 5.50. The van der Waals surface area contributed by atoms with E-state index in [1.165, 1.54) is 6.92 Å². The van der Waals surface area contributed by atoms with Crippen LogP contribution in [0, 0.1) is 6.92 Å². The van der Waals surface area contributed by atoms with Gasteiger partial charge in [-0.3, -0.25) is 10.1 Å². The Bertz CT molecular complexity index is 1050. The van der Waals surface area contributed by atoms with E-state index in [9.17, 15) is 9.59 Å². The van der Waals surface area contributed by atoms with Crippen molar-refractivity contribution in [3.8, 4) is 0 Å². The molecule has 0 unspecified atom stereocenters. The number of amidine groups is 1. The summed E-state index contributed by atoms with van der Waals surface area (Å²) < 4.78 is 5.42. The molecule has 4 rings (SSSR count). The molecule has 154 valence electrons. The van der Waals surface area contributed by atoms with Crippen molar-refractivity contribution in [1.82, 2.24) is 10.2 Å². The predicted molar refractivity (Wildman–Crippen MR) is 119 cm³/mol. The summed E-state index contributed by atoms with van der Waals surface area (Å²) in [5, 5.41) is 5.73. The molecule has 0 spiro atoms. The minimum atomic E-state index is -0.388. The van der Waals surface area contributed by atoms with Crippen LogP contribution in [0.1, 0.15) is 24.5 Å². The van der Waals surface area contributed by atoms with Gasteiger partial charge < -0.3 is 15.0 Å². The van der Waals surface area contributed by atoms with Gasteiger partial charge in [0.1, 0.15) is 16.9 Å². The van der Waals surface area contributed by atoms with Gasteiger partial charge in [0.15, 0.2) is 0 Å². The second-order valence-electron chi connectivity index (χ2n) is 7.40. The van der Waals surface area contributed by atoms with Gasteiger partial charge in [-0.1, -0.05) is 36.5 Å². The number of hydrogen-bond acceptors (Lipinski definition) is 5. The lowest BCUT2D eigenvalue weighted by Crippen LogP contribution is -2.47. The van der Waals surface area contributed by atoms with E-state index in [0.29, 0.717) is 35.2 Å². The Morgan fingerprint density at radius 2 is 1.97 bits per heavy atom. The third-order valence-corrected chi connectivity index (χ3v) is 5.52. The number of nitrogens with one attached hydrogen (secondary N) is 2. The number of aliphatic imine (C=N–C) groups is 1. The first-order valence-electron chi connectivity index (χ1n) is 9.71. The number of esters is 1. The lowest BCUT2D eigenvalue weighted by Gasteiger charge is -2.25. The highest BCUT2D eigenvalue weighted by Crippen LogP contribution is 2.32. The van der Waals surface area contributed by atoms with E-state index < -0.39 is 0 Å². The van der Waals surface area contributed by atoms with Crippen molar-refractivity contribution in [2.45, 2.75) is 32.4 Å². The molecule has 2 aromatic rings. The molecule has 2 atom stereocenters. The van der Waals surface area contributed by atoms with Crippen molar-refractivity contribution in [3.63, 3.8) is 0 Å². The summed E-state index contributed by atoms with van der Waals surface area (Å²) in [6.07, 6.45) is 0.180. The predicted octanol–water partition coefficient (Wildman–Crippen LogP) is 3.54. The number of hydrogen-bond donors (Lipinski definition) is 2. The second-order valence-corrected chi connectivity index (χ2v) is 7.79. The Morgan fingerprint density at radius 3 is 2.73 bits per heavy atom. The van der Waals surface area contributed by atoms with Crippen LogP contribution in [0.3, 0.4) is 0 Å². The molecule has 2 heterocycles. The molecule has 2 N–H and O–H groups in total. The first kappa shape index (κ1) is 20.0. The normalized spacial score (nSPS) is 19.9. The number of rotatable bonds is 2. The highest BCUT2D eigenvalue weighted by molar-refractivity contribution is 7.80. The Hall–Kier alpha value is -3.26. The molecule has 0 aliphatic carbocycles. The van der Waals surface area contributed by atoms with Gasteiger partial charge in [-0.2, -0.15) is 0 Å². The highest BCUT2D eigenvalue weighted by Gasteiger charge is 2.41. The van der Waals surface area contributed by atoms with Crippen LogP contribution in [0.15, 0.2) is 53.5 Å². The van der Waals surface area contributed by atoms with Crippen molar-refractivity contribution in [2.24, 2.45) is 4.99 Å². The lowest BCUT2D eigenvalue weighted by molar-refractivity contribution is -0.145. The van der Waals surface area contributed by atoms with E-state index in [0.717, 1.165) is 11.1 Å². The van der Waals surface area contributed by atoms with E-state index in [2.05, 4.69) is 10.6 Å². The molecule has 0 aromatic heterocycles. The monoisotopic (exact) mass is 422 g/mol. The number of nitrogens with zero attached hydrogens (tertiary/aromatic N) is 2. The van der Waals surface area contributed by atoms with Crippen LogP contribution in [0.2, 0.25) is 0 Å². The van der Waals surface area contributed by atoms with Gasteiger partial charge in [0, 0.05) is 24.6 Å². The van der Waals surface area contributed by atoms with Crippen LogP contribution in [-0.4, -0.2) is 46.4 Å². The van der Waals surface area contributed by atoms with Gasteiger partial charge in [-0.15, -0.1) is 0 Å². The molecule has 8 heteroatoms. The number of para-hydroxylation sites is 1. The molecule has 0 bridgehead atoms. The molecular weight excluding hydrogens is 400 g/mol. The molecule has 2 amide bonds. The number of fused-ring (bicyclic) bond motifs is 2. The van der Waals surface area contributed by atoms with Gasteiger partial charge in [0.25, 0.3) is 0 Å². The third kappa shape index (κ3) is 4.18. The molecule has 2 aliphatic rings. The zero-order chi connectivity index (χ0) is 21.3. The molecular formula is C22H22N4O3S. The summed E-state index contributed by atoms with van der Waals surface area (Å²) in [7, 11) is 0. The Balaban J connectivity index is 1.62. The fourth-order valence-corrected chi connectivity index (χ4v) is 4.20. The van der Waals surface area contributed by atoms with Crippen molar-refractivity contribution in [3.05, 3.63) is 59.7 Å². The van der Waals surface area contributed by atoms with Crippen LogP contribution in [0.4, 0.5) is 16.2 Å². The van der Waals surface area contributed by atoms with Crippen molar-refractivity contribution < 1.29 is 14.3 Å². The molecule has 1 saturated heterocycles. The van der Waals surface area contributed by atoms with E-state index in [1.54, 1.807) is 0 Å². The summed E-state index contributed by atoms with van der Waals surface area (Å²) in [4.78, 5) is 31.5. The largest absolute Gasteiger partial charge is 0.461 e. The van der Waals surface area contributed by atoms with Crippen LogP contribution >= 0.6 is 12.2 Å². The van der Waals surface area contributed by atoms with Gasteiger partial charge in [-0.25, -0.2) is 9.79 Å². The number of benzene rings is 2. The molecule has 1 fully saturated rings. The fourth-order valence-electron chi connectivity index (χ4n) is 3.82. The van der Waals surface area contributed by atoms with E-state index >= 15 is 0 Å². The van der Waals surface area contributed by atoms with Crippen LogP contribution in [-0.2, 0) is 9.53 Å². The highest BCUT2D eigenvalue weighted by atomic mass is 32.1. The summed E-state index contributed by atoms with van der Waals surface area (Å²) in [5.41, 5.74) is 3.26. The Labute approximate surface area is 180 Å². The maximum absolute atomic E-state index is 12.7. The number of ether oxygens (including phenoxy) is 1. The average Bonchev–Trinajstić information content (AvgIpc) is 3.06. The number of amides is 2. The van der Waals surface area contributed by atoms with Gasteiger partial charge in [0.2, 0.25) is 0 Å². The van der Waals surface area contributed by atoms with Crippen LogP contribution in [0.5, 0.6) is 0 Å². The molecule has 2 aromatic carbocycles. The number of urea groups is 1. The van der Waals surface area contributed by atoms with E-state index in [4.69, 9.17) is 21.9 Å². The minimum Gasteiger partial charge on any atom is -0.461 e. The number of aryl methyl sites for hydroxylation is 1. The van der Waals surface area contributed by atoms with E-state index in [1.807, 2.05) is 60.4 Å². The van der Waals surface area contributed by atoms with Crippen molar-refractivity contribution in [2.75, 3.05) is 11.9 Å². The maximum Gasteiger partial charge on any atom is 0.324 e. The lowest BCUT2D eigenvalue weighted by atomic mass is 10.1. The van der Waals surface area contributed by atoms with Crippen molar-refractivity contribution in [1.29, 1.82) is 0 Å². The van der Waals surface area contributed by atoms with Gasteiger partial charge >= 0.3 is 12.0 Å². The Morgan fingerprint density at radius 1 is 1.17 bits per heavy atom. The number of carbonyl (C=O) groups excluding carboxylic acids is 2. The smallest absolute Gasteiger partial charge is 0.324 e. The third-order valence-electron chi connectivity index (χ3n) is 5.06. The summed E-state index contributed by atoms with van der Waals surface area (Å²) >= 11 is 5.72. The maximum atomic E-state index is 12.7. The molecule has 2 aliphatic heterocycles. The topological polar surface area (TPSA) is 83.0 Å². The first-order valence-corrected chi connectivity index (χ1v) is 10.1. The van der Waals surface area contributed by atoms with Gasteiger partial charge in [0.05, 0.1) is 18.3 Å². The second kappa shape index (κ2) is 8.23. The molecule has 0 saturated carbocycles. The number of thiocarbonyl (C=S) groups is 1. The standard InChI is InChI=1S/C22H22N4O3S/c1-13-6-5-7-15(10-13)23-22(28)25-20-19-11-16(29-14(2)27)12-26(19)21(30)17-8-3-4-9-18(17)24-20/h3-10,16,19H,11-12H2,1-2H3,(H2,23,24,25,28)/t16-,19+/m1/s1. The molecule has 30 heavy (non-hydrogen) atoms. The van der Waals surface area contributed by atoms with Gasteiger partial charge in [-0.05, 0) is 36.8 Å². The zero-order valence-electron chi connectivity index (χ0n) is 16.7. The quantitative estimate of drug-likeness (QED) is 0.571. The summed E-state index contributed by atoms with van der Waals surface area (Å²) in [5.74, 6) is 0.134. The van der Waals surface area contributed by atoms with Crippen LogP contribution in [0.25, 0.3) is 0 Å². The SMILES string of the molecule is CC(=O)O[C@@H]1C[C@H]2C(NC(=O)Nc3cccc(C)c3)=Nc3ccccc3C(=S)N2C1. The fraction of sp³-hybridized carbons (Fsp3) is 0.273. The number of anilines is 1. The zero-order valence-corrected chi connectivity index (χ0v) is 17.5. The average molecular weight is 423 g/mol. The van der Waals surface area contributed by atoms with Crippen molar-refractivity contribution >= 4 is 46.4 Å². The first-order chi connectivity index (χ1) is 14.4.